The molecule has 1 aliphatic carbocycles. The van der Waals surface area contributed by atoms with E-state index in [0.717, 1.165) is 12.5 Å². The zero-order chi connectivity index (χ0) is 9.84. The maximum absolute atomic E-state index is 11.1. The van der Waals surface area contributed by atoms with Gasteiger partial charge in [0.15, 0.2) is 0 Å². The summed E-state index contributed by atoms with van der Waals surface area (Å²) < 4.78 is 0. The van der Waals surface area contributed by atoms with Crippen LogP contribution in [-0.4, -0.2) is 17.8 Å². The summed E-state index contributed by atoms with van der Waals surface area (Å²) in [5.41, 5.74) is 0. The summed E-state index contributed by atoms with van der Waals surface area (Å²) in [6.45, 7) is 4.78. The number of halogens is 1. The third-order valence-corrected chi connectivity index (χ3v) is 2.93. The SMILES string of the molecule is CC1CCC(CNC(=O)C(C)Cl)C1. The van der Waals surface area contributed by atoms with Gasteiger partial charge in [0.05, 0.1) is 0 Å². The van der Waals surface area contributed by atoms with Crippen molar-refractivity contribution in [2.45, 2.75) is 38.5 Å². The predicted octanol–water partition coefficient (Wildman–Crippen LogP) is 2.17. The molecule has 0 aromatic rings. The van der Waals surface area contributed by atoms with Crippen molar-refractivity contribution in [3.63, 3.8) is 0 Å². The summed E-state index contributed by atoms with van der Waals surface area (Å²) in [5, 5.41) is 2.47. The minimum Gasteiger partial charge on any atom is -0.355 e. The largest absolute Gasteiger partial charge is 0.355 e. The lowest BCUT2D eigenvalue weighted by atomic mass is 10.1. The fourth-order valence-electron chi connectivity index (χ4n) is 1.90. The molecule has 1 N–H and O–H groups in total. The molecule has 0 radical (unpaired) electrons. The first-order valence-corrected chi connectivity index (χ1v) is 5.45. The highest BCUT2D eigenvalue weighted by Gasteiger charge is 2.21. The van der Waals surface area contributed by atoms with E-state index in [0.29, 0.717) is 5.92 Å². The van der Waals surface area contributed by atoms with Crippen LogP contribution in [0, 0.1) is 11.8 Å². The van der Waals surface area contributed by atoms with Crippen LogP contribution in [0.5, 0.6) is 0 Å². The summed E-state index contributed by atoms with van der Waals surface area (Å²) in [4.78, 5) is 11.1. The molecule has 13 heavy (non-hydrogen) atoms. The molecule has 1 saturated carbocycles. The molecule has 1 fully saturated rings. The van der Waals surface area contributed by atoms with Crippen LogP contribution in [0.1, 0.15) is 33.1 Å². The number of alkyl halides is 1. The van der Waals surface area contributed by atoms with Gasteiger partial charge in [-0.3, -0.25) is 4.79 Å². The van der Waals surface area contributed by atoms with Gasteiger partial charge >= 0.3 is 0 Å². The fraction of sp³-hybridized carbons (Fsp3) is 0.900. The van der Waals surface area contributed by atoms with Crippen LogP contribution in [0.2, 0.25) is 0 Å². The average molecular weight is 204 g/mol. The first kappa shape index (κ1) is 10.8. The normalized spacial score (nSPS) is 30.1. The standard InChI is InChI=1S/C10H18ClNO/c1-7-3-4-9(5-7)6-12-10(13)8(2)11/h7-9H,3-6H2,1-2H3,(H,12,13). The van der Waals surface area contributed by atoms with Crippen molar-refractivity contribution in [3.8, 4) is 0 Å². The highest BCUT2D eigenvalue weighted by Crippen LogP contribution is 2.29. The average Bonchev–Trinajstić information content (AvgIpc) is 2.47. The van der Waals surface area contributed by atoms with Crippen LogP contribution in [0.3, 0.4) is 0 Å². The second-order valence-electron chi connectivity index (χ2n) is 4.15. The molecule has 76 valence electrons. The Morgan fingerprint density at radius 2 is 2.31 bits per heavy atom. The van der Waals surface area contributed by atoms with Crippen molar-refractivity contribution < 1.29 is 4.79 Å². The van der Waals surface area contributed by atoms with Crippen LogP contribution < -0.4 is 5.32 Å². The first-order chi connectivity index (χ1) is 6.09. The molecular formula is C10H18ClNO. The van der Waals surface area contributed by atoms with Crippen molar-refractivity contribution in [1.29, 1.82) is 0 Å². The monoisotopic (exact) mass is 203 g/mol. The van der Waals surface area contributed by atoms with Gasteiger partial charge in [-0.15, -0.1) is 11.6 Å². The van der Waals surface area contributed by atoms with E-state index in [1.165, 1.54) is 19.3 Å². The van der Waals surface area contributed by atoms with Crippen molar-refractivity contribution in [2.24, 2.45) is 11.8 Å². The minimum atomic E-state index is -0.404. The quantitative estimate of drug-likeness (QED) is 0.700. The topological polar surface area (TPSA) is 29.1 Å². The number of nitrogens with one attached hydrogen (secondary N) is 1. The maximum Gasteiger partial charge on any atom is 0.237 e. The first-order valence-electron chi connectivity index (χ1n) is 5.01. The summed E-state index contributed by atoms with van der Waals surface area (Å²) in [6, 6.07) is 0. The Hall–Kier alpha value is -0.240. The fourth-order valence-corrected chi connectivity index (χ4v) is 1.97. The second-order valence-corrected chi connectivity index (χ2v) is 4.80. The number of carbonyl (C=O) groups excluding carboxylic acids is 1. The molecular weight excluding hydrogens is 186 g/mol. The van der Waals surface area contributed by atoms with E-state index in [1.54, 1.807) is 6.92 Å². The van der Waals surface area contributed by atoms with E-state index >= 15 is 0 Å². The van der Waals surface area contributed by atoms with Gasteiger partial charge in [-0.2, -0.15) is 0 Å². The van der Waals surface area contributed by atoms with E-state index in [1.807, 2.05) is 0 Å². The molecule has 0 heterocycles. The molecule has 1 rings (SSSR count). The van der Waals surface area contributed by atoms with Crippen LogP contribution >= 0.6 is 11.6 Å². The summed E-state index contributed by atoms with van der Waals surface area (Å²) in [7, 11) is 0. The smallest absolute Gasteiger partial charge is 0.237 e. The Bertz CT molecular complexity index is 182. The molecule has 0 aliphatic heterocycles. The highest BCUT2D eigenvalue weighted by molar-refractivity contribution is 6.30. The number of rotatable bonds is 3. The number of carbonyl (C=O) groups is 1. The molecule has 0 bridgehead atoms. The molecule has 0 aromatic heterocycles. The Kier molecular flexibility index (Phi) is 4.04. The predicted molar refractivity (Wildman–Crippen MR) is 54.8 cm³/mol. The number of hydrogen-bond acceptors (Lipinski definition) is 1. The molecule has 2 nitrogen and oxygen atoms in total. The third kappa shape index (κ3) is 3.55. The molecule has 0 spiro atoms. The van der Waals surface area contributed by atoms with E-state index in [4.69, 9.17) is 11.6 Å². The minimum absolute atomic E-state index is 0.0405. The molecule has 3 heteroatoms. The Labute approximate surface area is 85.0 Å². The third-order valence-electron chi connectivity index (χ3n) is 2.73. The van der Waals surface area contributed by atoms with Gasteiger partial charge in [-0.25, -0.2) is 0 Å². The summed E-state index contributed by atoms with van der Waals surface area (Å²) in [6.07, 6.45) is 3.80. The van der Waals surface area contributed by atoms with Crippen LogP contribution in [0.4, 0.5) is 0 Å². The lowest BCUT2D eigenvalue weighted by Crippen LogP contribution is -2.33. The molecule has 1 amide bonds. The zero-order valence-corrected chi connectivity index (χ0v) is 9.10. The Morgan fingerprint density at radius 3 is 2.77 bits per heavy atom. The van der Waals surface area contributed by atoms with Crippen LogP contribution in [0.15, 0.2) is 0 Å². The molecule has 0 saturated heterocycles. The zero-order valence-electron chi connectivity index (χ0n) is 8.35. The Morgan fingerprint density at radius 1 is 1.62 bits per heavy atom. The van der Waals surface area contributed by atoms with Crippen molar-refractivity contribution in [3.05, 3.63) is 0 Å². The van der Waals surface area contributed by atoms with Crippen molar-refractivity contribution in [1.82, 2.24) is 5.32 Å². The molecule has 3 atom stereocenters. The molecule has 1 aliphatic rings. The van der Waals surface area contributed by atoms with Gasteiger partial charge in [-0.1, -0.05) is 13.3 Å². The Balaban J connectivity index is 2.16. The molecule has 3 unspecified atom stereocenters. The van der Waals surface area contributed by atoms with Gasteiger partial charge < -0.3 is 5.32 Å². The van der Waals surface area contributed by atoms with E-state index in [9.17, 15) is 4.79 Å². The highest BCUT2D eigenvalue weighted by atomic mass is 35.5. The van der Waals surface area contributed by atoms with Gasteiger partial charge in [0, 0.05) is 6.54 Å². The number of hydrogen-bond donors (Lipinski definition) is 1. The van der Waals surface area contributed by atoms with Gasteiger partial charge in [0.2, 0.25) is 5.91 Å². The lowest BCUT2D eigenvalue weighted by Gasteiger charge is -2.11. The maximum atomic E-state index is 11.1. The van der Waals surface area contributed by atoms with Crippen LogP contribution in [0.25, 0.3) is 0 Å². The summed E-state index contributed by atoms with van der Waals surface area (Å²) in [5.74, 6) is 1.46. The summed E-state index contributed by atoms with van der Waals surface area (Å²) >= 11 is 5.63. The van der Waals surface area contributed by atoms with Gasteiger partial charge in [-0.05, 0) is 31.6 Å². The van der Waals surface area contributed by atoms with Gasteiger partial charge in [0.1, 0.15) is 5.38 Å². The molecule has 0 aromatic carbocycles. The van der Waals surface area contributed by atoms with E-state index in [2.05, 4.69) is 12.2 Å². The van der Waals surface area contributed by atoms with Crippen molar-refractivity contribution in [2.75, 3.05) is 6.54 Å². The van der Waals surface area contributed by atoms with E-state index in [-0.39, 0.29) is 5.91 Å². The van der Waals surface area contributed by atoms with Crippen LogP contribution in [-0.2, 0) is 4.79 Å². The lowest BCUT2D eigenvalue weighted by molar-refractivity contribution is -0.120. The van der Waals surface area contributed by atoms with E-state index < -0.39 is 5.38 Å². The van der Waals surface area contributed by atoms with Gasteiger partial charge in [0.25, 0.3) is 0 Å². The number of amides is 1. The van der Waals surface area contributed by atoms with Crippen molar-refractivity contribution >= 4 is 17.5 Å². The second kappa shape index (κ2) is 4.85.